The molecule has 0 radical (unpaired) electrons. The van der Waals surface area contributed by atoms with E-state index in [0.717, 1.165) is 31.9 Å². The van der Waals surface area contributed by atoms with E-state index in [2.05, 4.69) is 21.2 Å². The van der Waals surface area contributed by atoms with Crippen LogP contribution in [0.2, 0.25) is 0 Å². The summed E-state index contributed by atoms with van der Waals surface area (Å²) < 4.78 is 5.61. The van der Waals surface area contributed by atoms with E-state index >= 15 is 0 Å². The van der Waals surface area contributed by atoms with Crippen LogP contribution < -0.4 is 5.32 Å². The number of hydrogen-bond acceptors (Lipinski definition) is 2. The summed E-state index contributed by atoms with van der Waals surface area (Å²) in [6, 6.07) is 0. The van der Waals surface area contributed by atoms with Gasteiger partial charge in [0.1, 0.15) is 0 Å². The lowest BCUT2D eigenvalue weighted by Crippen LogP contribution is -2.31. The molecular formula is C13H22BrNO2. The molecule has 2 aliphatic rings. The van der Waals surface area contributed by atoms with Crippen molar-refractivity contribution in [2.24, 2.45) is 5.92 Å². The zero-order chi connectivity index (χ0) is 12.1. The minimum Gasteiger partial charge on any atom is -0.378 e. The number of hydrogen-bond donors (Lipinski definition) is 1. The van der Waals surface area contributed by atoms with Crippen molar-refractivity contribution in [1.29, 1.82) is 0 Å². The molecule has 0 aromatic heterocycles. The van der Waals surface area contributed by atoms with Gasteiger partial charge in [-0.05, 0) is 44.4 Å². The highest BCUT2D eigenvalue weighted by Gasteiger charge is 2.29. The topological polar surface area (TPSA) is 38.3 Å². The lowest BCUT2D eigenvalue weighted by Gasteiger charge is -2.22. The summed E-state index contributed by atoms with van der Waals surface area (Å²) in [5.41, 5.74) is 0. The van der Waals surface area contributed by atoms with Crippen molar-refractivity contribution >= 4 is 21.8 Å². The van der Waals surface area contributed by atoms with Crippen molar-refractivity contribution in [1.82, 2.24) is 5.32 Å². The Bertz CT molecular complexity index is 250. The van der Waals surface area contributed by atoms with Gasteiger partial charge < -0.3 is 10.1 Å². The molecule has 1 aliphatic heterocycles. The molecule has 1 N–H and O–H groups in total. The molecule has 0 bridgehead atoms. The number of nitrogens with one attached hydrogen (secondary N) is 1. The Morgan fingerprint density at radius 2 is 2.18 bits per heavy atom. The van der Waals surface area contributed by atoms with Gasteiger partial charge in [-0.25, -0.2) is 0 Å². The van der Waals surface area contributed by atoms with Crippen LogP contribution in [-0.4, -0.2) is 30.0 Å². The lowest BCUT2D eigenvalue weighted by molar-refractivity contribution is -0.122. The van der Waals surface area contributed by atoms with Gasteiger partial charge in [0.25, 0.3) is 0 Å². The van der Waals surface area contributed by atoms with Crippen LogP contribution in [0.15, 0.2) is 0 Å². The monoisotopic (exact) mass is 303 g/mol. The third kappa shape index (κ3) is 4.96. The van der Waals surface area contributed by atoms with Gasteiger partial charge in [0.05, 0.1) is 6.10 Å². The molecule has 2 atom stereocenters. The molecule has 3 nitrogen and oxygen atoms in total. The van der Waals surface area contributed by atoms with E-state index in [4.69, 9.17) is 4.74 Å². The van der Waals surface area contributed by atoms with Crippen LogP contribution in [0.1, 0.15) is 44.9 Å². The van der Waals surface area contributed by atoms with Crippen LogP contribution in [0.25, 0.3) is 0 Å². The van der Waals surface area contributed by atoms with E-state index in [1.165, 1.54) is 25.7 Å². The van der Waals surface area contributed by atoms with Gasteiger partial charge in [0, 0.05) is 24.4 Å². The van der Waals surface area contributed by atoms with Crippen molar-refractivity contribution < 1.29 is 9.53 Å². The summed E-state index contributed by atoms with van der Waals surface area (Å²) >= 11 is 3.62. The van der Waals surface area contributed by atoms with E-state index < -0.39 is 0 Å². The number of rotatable bonds is 6. The third-order valence-corrected chi connectivity index (χ3v) is 4.67. The number of amides is 1. The van der Waals surface area contributed by atoms with Crippen LogP contribution >= 0.6 is 15.9 Å². The second-order valence-electron chi connectivity index (χ2n) is 5.18. The average molecular weight is 304 g/mol. The van der Waals surface area contributed by atoms with Gasteiger partial charge in [-0.3, -0.25) is 4.79 Å². The summed E-state index contributed by atoms with van der Waals surface area (Å²) in [5.74, 6) is 0.959. The van der Waals surface area contributed by atoms with Gasteiger partial charge in [-0.2, -0.15) is 0 Å². The molecule has 4 heteroatoms. The molecule has 1 heterocycles. The second kappa shape index (κ2) is 6.74. The van der Waals surface area contributed by atoms with Crippen LogP contribution in [-0.2, 0) is 9.53 Å². The Labute approximate surface area is 112 Å². The Morgan fingerprint density at radius 1 is 1.35 bits per heavy atom. The van der Waals surface area contributed by atoms with E-state index in [1.54, 1.807) is 0 Å². The van der Waals surface area contributed by atoms with Gasteiger partial charge >= 0.3 is 0 Å². The molecule has 98 valence electrons. The molecular weight excluding hydrogens is 282 g/mol. The van der Waals surface area contributed by atoms with E-state index in [-0.39, 0.29) is 5.91 Å². The van der Waals surface area contributed by atoms with E-state index in [0.29, 0.717) is 17.4 Å². The summed E-state index contributed by atoms with van der Waals surface area (Å²) in [6.07, 6.45) is 7.96. The van der Waals surface area contributed by atoms with Crippen molar-refractivity contribution in [3.8, 4) is 0 Å². The number of alkyl halides is 1. The number of ether oxygens (including phenoxy) is 1. The first kappa shape index (κ1) is 13.3. The molecule has 1 saturated heterocycles. The van der Waals surface area contributed by atoms with Crippen molar-refractivity contribution in [2.45, 2.75) is 55.9 Å². The van der Waals surface area contributed by atoms with E-state index in [9.17, 15) is 4.79 Å². The maximum absolute atomic E-state index is 11.6. The Hall–Kier alpha value is -0.0900. The first-order chi connectivity index (χ1) is 8.25. The minimum atomic E-state index is 0.171. The highest BCUT2D eigenvalue weighted by atomic mass is 79.9. The van der Waals surface area contributed by atoms with Crippen molar-refractivity contribution in [3.05, 3.63) is 0 Å². The SMILES string of the molecule is O=C(CCC1CCCCO1)NCC(Br)C1CC1. The van der Waals surface area contributed by atoms with Crippen LogP contribution in [0.3, 0.4) is 0 Å². The Kier molecular flexibility index (Phi) is 5.29. The molecule has 2 rings (SSSR count). The molecule has 1 aliphatic carbocycles. The minimum absolute atomic E-state index is 0.171. The average Bonchev–Trinajstić information content (AvgIpc) is 3.19. The lowest BCUT2D eigenvalue weighted by atomic mass is 10.0. The summed E-state index contributed by atoms with van der Waals surface area (Å²) in [4.78, 5) is 12.1. The highest BCUT2D eigenvalue weighted by Crippen LogP contribution is 2.36. The molecule has 0 aromatic rings. The molecule has 17 heavy (non-hydrogen) atoms. The number of halogens is 1. The summed E-state index contributed by atoms with van der Waals surface area (Å²) in [6.45, 7) is 1.65. The normalized spacial score (nSPS) is 26.5. The van der Waals surface area contributed by atoms with Gasteiger partial charge in [-0.1, -0.05) is 15.9 Å². The Balaban J connectivity index is 1.53. The molecule has 2 fully saturated rings. The molecule has 1 saturated carbocycles. The predicted octanol–water partition coefficient (Wildman–Crippen LogP) is 2.63. The number of carbonyl (C=O) groups is 1. The van der Waals surface area contributed by atoms with E-state index in [1.807, 2.05) is 0 Å². The fourth-order valence-corrected chi connectivity index (χ4v) is 2.94. The number of carbonyl (C=O) groups excluding carboxylic acids is 1. The maximum Gasteiger partial charge on any atom is 0.220 e. The molecule has 0 spiro atoms. The quantitative estimate of drug-likeness (QED) is 0.766. The van der Waals surface area contributed by atoms with Gasteiger partial charge in [0.15, 0.2) is 0 Å². The maximum atomic E-state index is 11.6. The zero-order valence-corrected chi connectivity index (χ0v) is 11.9. The van der Waals surface area contributed by atoms with Gasteiger partial charge in [-0.15, -0.1) is 0 Å². The predicted molar refractivity (Wildman–Crippen MR) is 71.3 cm³/mol. The van der Waals surface area contributed by atoms with Crippen molar-refractivity contribution in [2.75, 3.05) is 13.2 Å². The molecule has 0 aromatic carbocycles. The highest BCUT2D eigenvalue weighted by molar-refractivity contribution is 9.09. The summed E-state index contributed by atoms with van der Waals surface area (Å²) in [5, 5.41) is 3.00. The van der Waals surface area contributed by atoms with Crippen molar-refractivity contribution in [3.63, 3.8) is 0 Å². The zero-order valence-electron chi connectivity index (χ0n) is 10.3. The van der Waals surface area contributed by atoms with Gasteiger partial charge in [0.2, 0.25) is 5.91 Å². The first-order valence-electron chi connectivity index (χ1n) is 6.78. The smallest absolute Gasteiger partial charge is 0.220 e. The first-order valence-corrected chi connectivity index (χ1v) is 7.69. The Morgan fingerprint density at radius 3 is 2.82 bits per heavy atom. The standard InChI is InChI=1S/C13H22BrNO2/c14-12(10-4-5-10)9-15-13(16)7-6-11-3-1-2-8-17-11/h10-12H,1-9H2,(H,15,16). The second-order valence-corrected chi connectivity index (χ2v) is 6.36. The van der Waals surface area contributed by atoms with Crippen LogP contribution in [0.5, 0.6) is 0 Å². The fourth-order valence-electron chi connectivity index (χ4n) is 2.25. The summed E-state index contributed by atoms with van der Waals surface area (Å²) in [7, 11) is 0. The molecule has 1 amide bonds. The van der Waals surface area contributed by atoms with Crippen LogP contribution in [0.4, 0.5) is 0 Å². The molecule has 2 unspecified atom stereocenters. The third-order valence-electron chi connectivity index (χ3n) is 3.60. The largest absolute Gasteiger partial charge is 0.378 e. The fraction of sp³-hybridized carbons (Fsp3) is 0.923. The van der Waals surface area contributed by atoms with Crippen LogP contribution in [0, 0.1) is 5.92 Å².